The largest absolute Gasteiger partial charge is 0.392 e. The number of aliphatic hydroxyl groups is 1. The molecule has 2 aliphatic rings. The van der Waals surface area contributed by atoms with Gasteiger partial charge in [-0.25, -0.2) is 0 Å². The Balaban J connectivity index is 1.67. The maximum atomic E-state index is 9.90. The second kappa shape index (κ2) is 5.05. The number of nitrogens with zero attached hydrogens (tertiary/aromatic N) is 1. The molecule has 0 radical (unpaired) electrons. The van der Waals surface area contributed by atoms with Crippen molar-refractivity contribution in [1.29, 1.82) is 0 Å². The molecule has 0 amide bonds. The van der Waals surface area contributed by atoms with Crippen LogP contribution in [0.15, 0.2) is 0 Å². The van der Waals surface area contributed by atoms with Gasteiger partial charge < -0.3 is 5.11 Å². The van der Waals surface area contributed by atoms with E-state index in [1.54, 1.807) is 0 Å². The van der Waals surface area contributed by atoms with Crippen LogP contribution < -0.4 is 0 Å². The van der Waals surface area contributed by atoms with Crippen LogP contribution in [0.25, 0.3) is 0 Å². The third-order valence-corrected chi connectivity index (χ3v) is 4.24. The van der Waals surface area contributed by atoms with Crippen molar-refractivity contribution in [3.05, 3.63) is 0 Å². The van der Waals surface area contributed by atoms with Crippen molar-refractivity contribution in [3.8, 4) is 0 Å². The zero-order valence-corrected chi connectivity index (χ0v) is 10.9. The van der Waals surface area contributed by atoms with Gasteiger partial charge in [0.25, 0.3) is 0 Å². The van der Waals surface area contributed by atoms with Gasteiger partial charge in [-0.15, -0.1) is 0 Å². The lowest BCUT2D eigenvalue weighted by Crippen LogP contribution is -2.58. The molecular weight excluding hydrogens is 198 g/mol. The van der Waals surface area contributed by atoms with E-state index in [9.17, 15) is 5.11 Å². The van der Waals surface area contributed by atoms with Gasteiger partial charge >= 0.3 is 0 Å². The normalized spacial score (nSPS) is 27.0. The molecule has 94 valence electrons. The first kappa shape index (κ1) is 12.4. The number of hydrogen-bond donors (Lipinski definition) is 1. The zero-order chi connectivity index (χ0) is 11.6. The molecule has 0 aromatic heterocycles. The van der Waals surface area contributed by atoms with Crippen molar-refractivity contribution in [3.63, 3.8) is 0 Å². The Morgan fingerprint density at radius 3 is 2.31 bits per heavy atom. The summed E-state index contributed by atoms with van der Waals surface area (Å²) in [6, 6.07) is 0. The molecule has 2 nitrogen and oxygen atoms in total. The second-order valence-electron chi connectivity index (χ2n) is 6.51. The van der Waals surface area contributed by atoms with Gasteiger partial charge in [0.15, 0.2) is 0 Å². The predicted octanol–water partition coefficient (Wildman–Crippen LogP) is 2.66. The third-order valence-electron chi connectivity index (χ3n) is 4.24. The van der Waals surface area contributed by atoms with E-state index >= 15 is 0 Å². The van der Waals surface area contributed by atoms with Gasteiger partial charge in [-0.2, -0.15) is 0 Å². The van der Waals surface area contributed by atoms with Gasteiger partial charge in [0.1, 0.15) is 0 Å². The summed E-state index contributed by atoms with van der Waals surface area (Å²) >= 11 is 0. The molecule has 2 fully saturated rings. The molecule has 1 heterocycles. The highest BCUT2D eigenvalue weighted by molar-refractivity contribution is 4.96. The summed E-state index contributed by atoms with van der Waals surface area (Å²) in [5, 5.41) is 9.90. The van der Waals surface area contributed by atoms with Crippen LogP contribution >= 0.6 is 0 Å². The Labute approximate surface area is 100 Å². The number of rotatable bonds is 4. The molecule has 1 aliphatic carbocycles. The molecule has 2 heteroatoms. The van der Waals surface area contributed by atoms with Crippen LogP contribution in [0, 0.1) is 11.3 Å². The summed E-state index contributed by atoms with van der Waals surface area (Å²) < 4.78 is 0. The molecule has 0 aromatic rings. The first-order valence-corrected chi connectivity index (χ1v) is 7.00. The van der Waals surface area contributed by atoms with Crippen molar-refractivity contribution < 1.29 is 5.11 Å². The van der Waals surface area contributed by atoms with E-state index in [-0.39, 0.29) is 6.10 Å². The van der Waals surface area contributed by atoms with Gasteiger partial charge in [-0.05, 0) is 30.6 Å². The van der Waals surface area contributed by atoms with Crippen LogP contribution in [-0.4, -0.2) is 35.7 Å². The summed E-state index contributed by atoms with van der Waals surface area (Å²) in [4.78, 5) is 2.46. The molecule has 0 bridgehead atoms. The minimum absolute atomic E-state index is 0.110. The lowest BCUT2D eigenvalue weighted by Gasteiger charge is -2.53. The highest BCUT2D eigenvalue weighted by atomic mass is 16.3. The van der Waals surface area contributed by atoms with Crippen molar-refractivity contribution >= 4 is 0 Å². The fourth-order valence-electron chi connectivity index (χ4n) is 3.57. The Hall–Kier alpha value is -0.0800. The van der Waals surface area contributed by atoms with Crippen molar-refractivity contribution in [2.24, 2.45) is 11.3 Å². The summed E-state index contributed by atoms with van der Waals surface area (Å²) in [7, 11) is 0. The van der Waals surface area contributed by atoms with E-state index in [0.717, 1.165) is 13.0 Å². The fraction of sp³-hybridized carbons (Fsp3) is 1.00. The van der Waals surface area contributed by atoms with Crippen LogP contribution in [0.1, 0.15) is 52.4 Å². The summed E-state index contributed by atoms with van der Waals surface area (Å²) in [6.07, 6.45) is 8.01. The quantitative estimate of drug-likeness (QED) is 0.795. The highest BCUT2D eigenvalue weighted by Crippen LogP contribution is 2.43. The topological polar surface area (TPSA) is 23.5 Å². The van der Waals surface area contributed by atoms with Crippen LogP contribution in [0.3, 0.4) is 0 Å². The number of likely N-dealkylation sites (tertiary alicyclic amines) is 1. The van der Waals surface area contributed by atoms with E-state index in [4.69, 9.17) is 0 Å². The molecule has 2 rings (SSSR count). The van der Waals surface area contributed by atoms with Crippen molar-refractivity contribution in [1.82, 2.24) is 4.90 Å². The molecule has 1 N–H and O–H groups in total. The van der Waals surface area contributed by atoms with E-state index in [2.05, 4.69) is 18.7 Å². The van der Waals surface area contributed by atoms with Crippen LogP contribution in [0.2, 0.25) is 0 Å². The van der Waals surface area contributed by atoms with Crippen LogP contribution in [0.5, 0.6) is 0 Å². The average molecular weight is 225 g/mol. The van der Waals surface area contributed by atoms with Gasteiger partial charge in [-0.1, -0.05) is 33.1 Å². The molecule has 1 unspecified atom stereocenters. The monoisotopic (exact) mass is 225 g/mol. The second-order valence-corrected chi connectivity index (χ2v) is 6.51. The maximum absolute atomic E-state index is 9.90. The predicted molar refractivity (Wildman–Crippen MR) is 67.4 cm³/mol. The van der Waals surface area contributed by atoms with Crippen LogP contribution in [-0.2, 0) is 0 Å². The van der Waals surface area contributed by atoms with E-state index in [1.807, 2.05) is 0 Å². The number of β-amino-alcohol motifs (C(OH)–C–C–N with tert-alkyl or cyclic N) is 1. The molecule has 1 saturated heterocycles. The lowest BCUT2D eigenvalue weighted by molar-refractivity contribution is -0.0516. The number of hydrogen-bond acceptors (Lipinski definition) is 2. The highest BCUT2D eigenvalue weighted by Gasteiger charge is 2.43. The Morgan fingerprint density at radius 2 is 1.75 bits per heavy atom. The summed E-state index contributed by atoms with van der Waals surface area (Å²) in [5.74, 6) is 0.611. The van der Waals surface area contributed by atoms with Gasteiger partial charge in [0.2, 0.25) is 0 Å². The molecule has 16 heavy (non-hydrogen) atoms. The van der Waals surface area contributed by atoms with Gasteiger partial charge in [0.05, 0.1) is 6.10 Å². The SMILES string of the molecule is CC(C)CC(O)CN1CC2(CCCCC2)C1. The third kappa shape index (κ3) is 2.98. The molecule has 1 spiro atoms. The van der Waals surface area contributed by atoms with E-state index in [0.29, 0.717) is 11.3 Å². The summed E-state index contributed by atoms with van der Waals surface area (Å²) in [6.45, 7) is 7.77. The standard InChI is InChI=1S/C14H27NO/c1-12(2)8-13(16)9-15-10-14(11-15)6-4-3-5-7-14/h12-13,16H,3-11H2,1-2H3. The Kier molecular flexibility index (Phi) is 3.91. The summed E-state index contributed by atoms with van der Waals surface area (Å²) in [5.41, 5.74) is 0.663. The molecule has 1 saturated carbocycles. The molecule has 1 aliphatic heterocycles. The van der Waals surface area contributed by atoms with Gasteiger partial charge in [0, 0.05) is 19.6 Å². The van der Waals surface area contributed by atoms with Crippen LogP contribution in [0.4, 0.5) is 0 Å². The van der Waals surface area contributed by atoms with Gasteiger partial charge in [-0.3, -0.25) is 4.90 Å². The van der Waals surface area contributed by atoms with E-state index < -0.39 is 0 Å². The molecule has 1 atom stereocenters. The minimum Gasteiger partial charge on any atom is -0.392 e. The lowest BCUT2D eigenvalue weighted by atomic mass is 9.68. The average Bonchev–Trinajstić information content (AvgIpc) is 2.15. The Morgan fingerprint density at radius 1 is 1.12 bits per heavy atom. The smallest absolute Gasteiger partial charge is 0.0669 e. The fourth-order valence-corrected chi connectivity index (χ4v) is 3.57. The zero-order valence-electron chi connectivity index (χ0n) is 10.9. The maximum Gasteiger partial charge on any atom is 0.0669 e. The minimum atomic E-state index is -0.110. The van der Waals surface area contributed by atoms with Crippen molar-refractivity contribution in [2.75, 3.05) is 19.6 Å². The van der Waals surface area contributed by atoms with Crippen molar-refractivity contribution in [2.45, 2.75) is 58.5 Å². The first-order valence-electron chi connectivity index (χ1n) is 7.00. The van der Waals surface area contributed by atoms with E-state index in [1.165, 1.54) is 45.2 Å². The Bertz CT molecular complexity index is 213. The number of aliphatic hydroxyl groups excluding tert-OH is 1. The molecular formula is C14H27NO. The molecule has 0 aromatic carbocycles. The first-order chi connectivity index (χ1) is 7.60.